The fourth-order valence-corrected chi connectivity index (χ4v) is 6.40. The molecule has 8 heteroatoms. The van der Waals surface area contributed by atoms with E-state index in [9.17, 15) is 13.2 Å². The Bertz CT molecular complexity index is 1060. The maximum Gasteiger partial charge on any atom is 0.240 e. The summed E-state index contributed by atoms with van der Waals surface area (Å²) >= 11 is 1.59. The third-order valence-corrected chi connectivity index (χ3v) is 8.73. The third-order valence-electron chi connectivity index (χ3n) is 6.13. The molecule has 0 aliphatic carbocycles. The van der Waals surface area contributed by atoms with Gasteiger partial charge in [0, 0.05) is 29.7 Å². The minimum absolute atomic E-state index is 0.0799. The van der Waals surface area contributed by atoms with E-state index in [1.807, 2.05) is 6.92 Å². The van der Waals surface area contributed by atoms with Crippen LogP contribution < -0.4 is 10.0 Å². The van der Waals surface area contributed by atoms with Gasteiger partial charge >= 0.3 is 0 Å². The van der Waals surface area contributed by atoms with Crippen LogP contribution in [-0.2, 0) is 21.4 Å². The number of nitrogens with one attached hydrogen (secondary N) is 2. The van der Waals surface area contributed by atoms with Crippen molar-refractivity contribution in [1.82, 2.24) is 9.62 Å². The van der Waals surface area contributed by atoms with Crippen LogP contribution in [0.15, 0.2) is 52.3 Å². The molecule has 6 nitrogen and oxygen atoms in total. The predicted octanol–water partition coefficient (Wildman–Crippen LogP) is 4.01. The zero-order valence-electron chi connectivity index (χ0n) is 18.6. The van der Waals surface area contributed by atoms with Crippen LogP contribution in [0.4, 0.5) is 5.69 Å². The third kappa shape index (κ3) is 5.92. The monoisotopic (exact) mass is 473 g/mol. The van der Waals surface area contributed by atoms with Crippen LogP contribution in [0.2, 0.25) is 0 Å². The second-order valence-electron chi connectivity index (χ2n) is 8.90. The number of piperidine rings is 1. The Morgan fingerprint density at radius 1 is 1.12 bits per heavy atom. The number of anilines is 1. The van der Waals surface area contributed by atoms with Gasteiger partial charge in [-0.05, 0) is 62.5 Å². The van der Waals surface area contributed by atoms with Gasteiger partial charge in [0.05, 0.1) is 10.6 Å². The number of carbonyl (C=O) groups is 1. The number of aryl methyl sites for hydroxylation is 1. The van der Waals surface area contributed by atoms with Crippen molar-refractivity contribution in [2.45, 2.75) is 54.7 Å². The molecule has 1 atom stereocenters. The van der Waals surface area contributed by atoms with Crippen LogP contribution in [0.3, 0.4) is 0 Å². The van der Waals surface area contributed by atoms with E-state index in [4.69, 9.17) is 0 Å². The first-order chi connectivity index (χ1) is 15.3. The average Bonchev–Trinajstić information content (AvgIpc) is 2.90. The standard InChI is InChI=1S/C24H31N3O3S2/c1-17-3-5-20(6-4-17)16-27-11-9-19(10-12-27)15-25-32(29,30)21-7-8-23-22(14-21)26-24(28)13-18(2)31-23/h3-8,14,18-19,25H,9-13,15-16H2,1-2H3,(H,26,28)/t18-/m0/s1. The minimum atomic E-state index is -3.63. The van der Waals surface area contributed by atoms with E-state index >= 15 is 0 Å². The normalized spacial score (nSPS) is 20.4. The molecule has 0 unspecified atom stereocenters. The van der Waals surface area contributed by atoms with E-state index in [0.29, 0.717) is 24.6 Å². The van der Waals surface area contributed by atoms with Crippen LogP contribution in [0.1, 0.15) is 37.3 Å². The van der Waals surface area contributed by atoms with Crippen LogP contribution in [0.5, 0.6) is 0 Å². The molecule has 2 heterocycles. The molecule has 0 bridgehead atoms. The molecule has 2 aromatic rings. The van der Waals surface area contributed by atoms with E-state index in [0.717, 1.165) is 37.4 Å². The molecule has 0 radical (unpaired) electrons. The number of likely N-dealkylation sites (tertiary alicyclic amines) is 1. The highest BCUT2D eigenvalue weighted by Gasteiger charge is 2.24. The quantitative estimate of drug-likeness (QED) is 0.663. The van der Waals surface area contributed by atoms with Crippen molar-refractivity contribution in [3.05, 3.63) is 53.6 Å². The molecular weight excluding hydrogens is 442 g/mol. The highest BCUT2D eigenvalue weighted by molar-refractivity contribution is 8.00. The summed E-state index contributed by atoms with van der Waals surface area (Å²) in [5.41, 5.74) is 3.17. The van der Waals surface area contributed by atoms with Gasteiger partial charge < -0.3 is 5.32 Å². The van der Waals surface area contributed by atoms with Crippen molar-refractivity contribution in [3.8, 4) is 0 Å². The lowest BCUT2D eigenvalue weighted by Gasteiger charge is -2.32. The van der Waals surface area contributed by atoms with Gasteiger partial charge in [-0.15, -0.1) is 11.8 Å². The number of rotatable bonds is 6. The van der Waals surface area contributed by atoms with Gasteiger partial charge in [-0.25, -0.2) is 13.1 Å². The molecule has 2 aliphatic heterocycles. The number of thioether (sulfide) groups is 1. The molecule has 0 spiro atoms. The maximum absolute atomic E-state index is 12.9. The molecule has 2 N–H and O–H groups in total. The number of hydrogen-bond acceptors (Lipinski definition) is 5. The Morgan fingerprint density at radius 3 is 2.56 bits per heavy atom. The van der Waals surface area contributed by atoms with Crippen LogP contribution in [0.25, 0.3) is 0 Å². The number of carbonyl (C=O) groups excluding carboxylic acids is 1. The fraction of sp³-hybridized carbons (Fsp3) is 0.458. The molecule has 172 valence electrons. The molecule has 0 aromatic heterocycles. The topological polar surface area (TPSA) is 78.5 Å². The van der Waals surface area contributed by atoms with Crippen molar-refractivity contribution in [1.29, 1.82) is 0 Å². The zero-order chi connectivity index (χ0) is 22.7. The number of benzene rings is 2. The van der Waals surface area contributed by atoms with Crippen molar-refractivity contribution in [2.24, 2.45) is 5.92 Å². The largest absolute Gasteiger partial charge is 0.325 e. The van der Waals surface area contributed by atoms with Crippen molar-refractivity contribution in [2.75, 3.05) is 25.0 Å². The van der Waals surface area contributed by atoms with Gasteiger partial charge in [0.25, 0.3) is 0 Å². The SMILES string of the molecule is Cc1ccc(CN2CCC(CNS(=O)(=O)c3ccc4c(c3)NC(=O)C[C@H](C)S4)CC2)cc1. The molecule has 0 saturated carbocycles. The van der Waals surface area contributed by atoms with Gasteiger partial charge in [0.15, 0.2) is 0 Å². The van der Waals surface area contributed by atoms with Gasteiger partial charge in [-0.3, -0.25) is 9.69 Å². The van der Waals surface area contributed by atoms with Crippen LogP contribution >= 0.6 is 11.8 Å². The van der Waals surface area contributed by atoms with E-state index in [-0.39, 0.29) is 16.1 Å². The number of sulfonamides is 1. The van der Waals surface area contributed by atoms with Crippen molar-refractivity contribution >= 4 is 33.4 Å². The van der Waals surface area contributed by atoms with E-state index in [1.165, 1.54) is 11.1 Å². The molecular formula is C24H31N3O3S2. The summed E-state index contributed by atoms with van der Waals surface area (Å²) in [5, 5.41) is 3.00. The molecule has 1 saturated heterocycles. The van der Waals surface area contributed by atoms with Gasteiger partial charge in [0.2, 0.25) is 15.9 Å². The number of amides is 1. The lowest BCUT2D eigenvalue weighted by atomic mass is 9.97. The Labute approximate surface area is 195 Å². The molecule has 2 aromatic carbocycles. The summed E-state index contributed by atoms with van der Waals surface area (Å²) in [5.74, 6) is 0.250. The summed E-state index contributed by atoms with van der Waals surface area (Å²) in [7, 11) is -3.63. The summed E-state index contributed by atoms with van der Waals surface area (Å²) < 4.78 is 28.6. The highest BCUT2D eigenvalue weighted by Crippen LogP contribution is 2.36. The molecule has 32 heavy (non-hydrogen) atoms. The predicted molar refractivity (Wildman–Crippen MR) is 129 cm³/mol. The van der Waals surface area contributed by atoms with Crippen LogP contribution in [-0.4, -0.2) is 44.1 Å². The van der Waals surface area contributed by atoms with Crippen molar-refractivity contribution in [3.63, 3.8) is 0 Å². The van der Waals surface area contributed by atoms with Gasteiger partial charge in [-0.2, -0.15) is 0 Å². The van der Waals surface area contributed by atoms with E-state index < -0.39 is 10.0 Å². The Balaban J connectivity index is 1.31. The van der Waals surface area contributed by atoms with E-state index in [1.54, 1.807) is 30.0 Å². The first kappa shape index (κ1) is 23.3. The van der Waals surface area contributed by atoms with Crippen LogP contribution in [0, 0.1) is 12.8 Å². The Hall–Kier alpha value is -1.87. The number of hydrogen-bond donors (Lipinski definition) is 2. The van der Waals surface area contributed by atoms with Crippen molar-refractivity contribution < 1.29 is 13.2 Å². The molecule has 2 aliphatic rings. The van der Waals surface area contributed by atoms with E-state index in [2.05, 4.69) is 46.1 Å². The number of fused-ring (bicyclic) bond motifs is 1. The second-order valence-corrected chi connectivity index (χ2v) is 12.1. The average molecular weight is 474 g/mol. The fourth-order valence-electron chi connectivity index (χ4n) is 4.21. The first-order valence-corrected chi connectivity index (χ1v) is 13.5. The molecule has 1 amide bonds. The smallest absolute Gasteiger partial charge is 0.240 e. The zero-order valence-corrected chi connectivity index (χ0v) is 20.3. The van der Waals surface area contributed by atoms with Gasteiger partial charge in [0.1, 0.15) is 0 Å². The molecule has 1 fully saturated rings. The maximum atomic E-state index is 12.9. The number of nitrogens with zero attached hydrogens (tertiary/aromatic N) is 1. The summed E-state index contributed by atoms with van der Waals surface area (Å²) in [6, 6.07) is 13.6. The highest BCUT2D eigenvalue weighted by atomic mass is 32.2. The Morgan fingerprint density at radius 2 is 1.84 bits per heavy atom. The first-order valence-electron chi connectivity index (χ1n) is 11.2. The minimum Gasteiger partial charge on any atom is -0.325 e. The lowest BCUT2D eigenvalue weighted by Crippen LogP contribution is -2.38. The lowest BCUT2D eigenvalue weighted by molar-refractivity contribution is -0.116. The Kier molecular flexibility index (Phi) is 7.24. The summed E-state index contributed by atoms with van der Waals surface area (Å²) in [6.45, 7) is 7.42. The van der Waals surface area contributed by atoms with Gasteiger partial charge in [-0.1, -0.05) is 36.8 Å². The second kappa shape index (κ2) is 9.95. The molecule has 4 rings (SSSR count). The summed E-state index contributed by atoms with van der Waals surface area (Å²) in [6.07, 6.45) is 2.37. The summed E-state index contributed by atoms with van der Waals surface area (Å²) in [4.78, 5) is 15.6.